The molecule has 0 bridgehead atoms. The second-order valence-electron chi connectivity index (χ2n) is 3.36. The van der Waals surface area contributed by atoms with Gasteiger partial charge in [-0.1, -0.05) is 0 Å². The van der Waals surface area contributed by atoms with Gasteiger partial charge in [0.15, 0.2) is 5.79 Å². The minimum Gasteiger partial charge on any atom is -0.347 e. The monoisotopic (exact) mass is 174 g/mol. The van der Waals surface area contributed by atoms with Gasteiger partial charge in [0.2, 0.25) is 0 Å². The first kappa shape index (κ1) is 7.90. The highest BCUT2D eigenvalue weighted by molar-refractivity contribution is 7.80. The molecule has 1 heterocycles. The second kappa shape index (κ2) is 2.96. The normalized spacial score (nSPS) is 36.3. The van der Waals surface area contributed by atoms with Crippen LogP contribution in [0.1, 0.15) is 25.7 Å². The zero-order valence-electron chi connectivity index (χ0n) is 6.58. The number of rotatable bonds is 0. The average Bonchev–Trinajstić information content (AvgIpc) is 2.37. The Morgan fingerprint density at radius 1 is 1.27 bits per heavy atom. The first-order valence-electron chi connectivity index (χ1n) is 4.27. The van der Waals surface area contributed by atoms with Gasteiger partial charge in [-0.2, -0.15) is 12.6 Å². The van der Waals surface area contributed by atoms with Crippen molar-refractivity contribution in [2.24, 2.45) is 0 Å². The molecule has 0 aromatic carbocycles. The van der Waals surface area contributed by atoms with Gasteiger partial charge in [0.25, 0.3) is 0 Å². The van der Waals surface area contributed by atoms with Gasteiger partial charge in [-0.25, -0.2) is 0 Å². The summed E-state index contributed by atoms with van der Waals surface area (Å²) in [5.74, 6) is -0.231. The maximum atomic E-state index is 5.58. The first-order valence-corrected chi connectivity index (χ1v) is 4.78. The van der Waals surface area contributed by atoms with Crippen LogP contribution in [0.2, 0.25) is 0 Å². The Hall–Kier alpha value is 0.270. The molecule has 2 rings (SSSR count). The predicted octanol–water partition coefficient (Wildman–Crippen LogP) is 1.60. The Morgan fingerprint density at radius 3 is 2.64 bits per heavy atom. The molecule has 0 aromatic heterocycles. The van der Waals surface area contributed by atoms with E-state index >= 15 is 0 Å². The van der Waals surface area contributed by atoms with E-state index in [2.05, 4.69) is 12.6 Å². The van der Waals surface area contributed by atoms with Gasteiger partial charge >= 0.3 is 0 Å². The Bertz CT molecular complexity index is 143. The van der Waals surface area contributed by atoms with Crippen molar-refractivity contribution in [1.82, 2.24) is 0 Å². The summed E-state index contributed by atoms with van der Waals surface area (Å²) in [5.41, 5.74) is 0. The van der Waals surface area contributed by atoms with Crippen LogP contribution in [0, 0.1) is 0 Å². The van der Waals surface area contributed by atoms with E-state index in [1.165, 1.54) is 12.8 Å². The summed E-state index contributed by atoms with van der Waals surface area (Å²) in [6.45, 7) is 1.53. The van der Waals surface area contributed by atoms with Crippen LogP contribution in [0.3, 0.4) is 0 Å². The quantitative estimate of drug-likeness (QED) is 0.562. The molecule has 1 saturated carbocycles. The number of hydrogen-bond acceptors (Lipinski definition) is 3. The Morgan fingerprint density at radius 2 is 2.00 bits per heavy atom. The summed E-state index contributed by atoms with van der Waals surface area (Å²) < 4.78 is 11.2. The van der Waals surface area contributed by atoms with Crippen molar-refractivity contribution in [2.75, 3.05) is 13.2 Å². The minimum absolute atomic E-state index is 0.231. The zero-order valence-corrected chi connectivity index (χ0v) is 7.48. The van der Waals surface area contributed by atoms with Crippen molar-refractivity contribution in [3.63, 3.8) is 0 Å². The molecule has 1 aliphatic carbocycles. The molecule has 2 aliphatic rings. The molecule has 2 nitrogen and oxygen atoms in total. The van der Waals surface area contributed by atoms with E-state index in [1.54, 1.807) is 0 Å². The lowest BCUT2D eigenvalue weighted by atomic mass is 9.94. The largest absolute Gasteiger partial charge is 0.347 e. The lowest BCUT2D eigenvalue weighted by Gasteiger charge is -2.34. The molecular weight excluding hydrogens is 160 g/mol. The average molecular weight is 174 g/mol. The van der Waals surface area contributed by atoms with E-state index in [-0.39, 0.29) is 5.79 Å². The van der Waals surface area contributed by atoms with Crippen molar-refractivity contribution in [3.05, 3.63) is 0 Å². The number of ether oxygens (including phenoxy) is 2. The summed E-state index contributed by atoms with van der Waals surface area (Å²) in [5, 5.41) is 0.474. The second-order valence-corrected chi connectivity index (χ2v) is 4.09. The lowest BCUT2D eigenvalue weighted by Crippen LogP contribution is -2.36. The van der Waals surface area contributed by atoms with Crippen molar-refractivity contribution in [3.8, 4) is 0 Å². The highest BCUT2D eigenvalue weighted by Gasteiger charge is 2.40. The van der Waals surface area contributed by atoms with Crippen LogP contribution in [-0.4, -0.2) is 24.3 Å². The van der Waals surface area contributed by atoms with Gasteiger partial charge < -0.3 is 9.47 Å². The van der Waals surface area contributed by atoms with E-state index in [4.69, 9.17) is 9.47 Å². The summed E-state index contributed by atoms with van der Waals surface area (Å²) in [7, 11) is 0. The predicted molar refractivity (Wildman–Crippen MR) is 45.9 cm³/mol. The Balaban J connectivity index is 2.00. The maximum absolute atomic E-state index is 5.58. The van der Waals surface area contributed by atoms with Gasteiger partial charge in [-0.05, 0) is 12.8 Å². The zero-order chi connectivity index (χ0) is 7.73. The molecular formula is C8H14O2S. The minimum atomic E-state index is -0.231. The van der Waals surface area contributed by atoms with Gasteiger partial charge in [0.05, 0.1) is 13.2 Å². The molecule has 0 N–H and O–H groups in total. The molecule has 3 heteroatoms. The lowest BCUT2D eigenvalue weighted by molar-refractivity contribution is -0.175. The molecule has 2 fully saturated rings. The van der Waals surface area contributed by atoms with Gasteiger partial charge in [0.1, 0.15) is 0 Å². The molecule has 0 amide bonds. The van der Waals surface area contributed by atoms with Crippen LogP contribution < -0.4 is 0 Å². The topological polar surface area (TPSA) is 18.5 Å². The van der Waals surface area contributed by atoms with Crippen molar-refractivity contribution in [1.29, 1.82) is 0 Å². The van der Waals surface area contributed by atoms with E-state index < -0.39 is 0 Å². The van der Waals surface area contributed by atoms with Gasteiger partial charge in [0, 0.05) is 18.1 Å². The molecule has 1 spiro atoms. The van der Waals surface area contributed by atoms with E-state index in [0.717, 1.165) is 26.1 Å². The first-order chi connectivity index (χ1) is 5.31. The van der Waals surface area contributed by atoms with Gasteiger partial charge in [-0.3, -0.25) is 0 Å². The maximum Gasteiger partial charge on any atom is 0.169 e. The molecule has 0 aromatic rings. The molecule has 0 radical (unpaired) electrons. The van der Waals surface area contributed by atoms with Crippen LogP contribution in [0.25, 0.3) is 0 Å². The highest BCUT2D eigenvalue weighted by atomic mass is 32.1. The van der Waals surface area contributed by atoms with E-state index in [9.17, 15) is 0 Å². The summed E-state index contributed by atoms with van der Waals surface area (Å²) in [6.07, 6.45) is 4.42. The van der Waals surface area contributed by atoms with Crippen LogP contribution in [-0.2, 0) is 9.47 Å². The summed E-state index contributed by atoms with van der Waals surface area (Å²) in [6, 6.07) is 0. The number of hydrogen-bond donors (Lipinski definition) is 1. The standard InChI is InChI=1S/C8H14O2S/c11-7-2-1-3-8(6-7)9-4-5-10-8/h7,11H,1-6H2. The third-order valence-electron chi connectivity index (χ3n) is 2.46. The molecule has 11 heavy (non-hydrogen) atoms. The fraction of sp³-hybridized carbons (Fsp3) is 1.00. The highest BCUT2D eigenvalue weighted by Crippen LogP contribution is 2.37. The van der Waals surface area contributed by atoms with Crippen molar-refractivity contribution in [2.45, 2.75) is 36.7 Å². The van der Waals surface area contributed by atoms with Crippen LogP contribution in [0.15, 0.2) is 0 Å². The molecule has 1 unspecified atom stereocenters. The van der Waals surface area contributed by atoms with Crippen molar-refractivity contribution >= 4 is 12.6 Å². The van der Waals surface area contributed by atoms with E-state index in [0.29, 0.717) is 5.25 Å². The number of thiol groups is 1. The molecule has 64 valence electrons. The third-order valence-corrected chi connectivity index (χ3v) is 2.90. The Kier molecular flexibility index (Phi) is 2.12. The fourth-order valence-corrected chi connectivity index (χ4v) is 2.39. The molecule has 1 saturated heterocycles. The Labute approximate surface area is 72.7 Å². The van der Waals surface area contributed by atoms with E-state index in [1.807, 2.05) is 0 Å². The van der Waals surface area contributed by atoms with Crippen LogP contribution >= 0.6 is 12.6 Å². The van der Waals surface area contributed by atoms with Crippen LogP contribution in [0.4, 0.5) is 0 Å². The molecule has 1 aliphatic heterocycles. The summed E-state index contributed by atoms with van der Waals surface area (Å²) >= 11 is 4.45. The smallest absolute Gasteiger partial charge is 0.169 e. The van der Waals surface area contributed by atoms with Gasteiger partial charge in [-0.15, -0.1) is 0 Å². The van der Waals surface area contributed by atoms with Crippen LogP contribution in [0.5, 0.6) is 0 Å². The summed E-state index contributed by atoms with van der Waals surface area (Å²) in [4.78, 5) is 0. The SMILES string of the molecule is SC1CCCC2(C1)OCCO2. The fourth-order valence-electron chi connectivity index (χ4n) is 1.93. The van der Waals surface area contributed by atoms with Crippen molar-refractivity contribution < 1.29 is 9.47 Å². The molecule has 1 atom stereocenters. The third kappa shape index (κ3) is 1.55.